The van der Waals surface area contributed by atoms with Crippen LogP contribution in [0.15, 0.2) is 24.0 Å². The van der Waals surface area contributed by atoms with Crippen LogP contribution in [0.1, 0.15) is 5.56 Å². The Hall–Kier alpha value is -1.74. The SMILES string of the molecule is COC(=O)/C(=C\c1ccc(O[Si](C)(C)C)c(OC)c1)O[Si](C)(C)C. The van der Waals surface area contributed by atoms with E-state index in [-0.39, 0.29) is 5.76 Å². The van der Waals surface area contributed by atoms with Gasteiger partial charge in [-0.15, -0.1) is 0 Å². The standard InChI is InChI=1S/C17H28O5Si2/c1-19-15-11-13(9-10-14(15)21-23(3,4)5)12-16(17(18)20-2)22-24(6,7)8/h9-12H,1-8H3/b16-12+. The molecule has 0 spiro atoms. The molecule has 1 aromatic carbocycles. The van der Waals surface area contributed by atoms with Gasteiger partial charge in [-0.3, -0.25) is 0 Å². The fourth-order valence-electron chi connectivity index (χ4n) is 1.90. The summed E-state index contributed by atoms with van der Waals surface area (Å²) in [4.78, 5) is 12.0. The van der Waals surface area contributed by atoms with Gasteiger partial charge in [-0.05, 0) is 63.1 Å². The molecule has 0 bridgehead atoms. The molecule has 0 amide bonds. The normalized spacial score (nSPS) is 12.6. The number of ether oxygens (including phenoxy) is 2. The lowest BCUT2D eigenvalue weighted by Gasteiger charge is -2.22. The first-order valence-corrected chi connectivity index (χ1v) is 14.6. The highest BCUT2D eigenvalue weighted by molar-refractivity contribution is 6.70. The molecule has 0 aliphatic carbocycles. The minimum Gasteiger partial charge on any atom is -0.542 e. The number of hydrogen-bond acceptors (Lipinski definition) is 5. The van der Waals surface area contributed by atoms with E-state index in [0.717, 1.165) is 5.56 Å². The number of esters is 1. The summed E-state index contributed by atoms with van der Waals surface area (Å²) in [6.07, 6.45) is 1.67. The van der Waals surface area contributed by atoms with E-state index in [1.54, 1.807) is 13.2 Å². The van der Waals surface area contributed by atoms with Crippen LogP contribution in [-0.4, -0.2) is 36.8 Å². The van der Waals surface area contributed by atoms with E-state index in [0.29, 0.717) is 11.5 Å². The molecular formula is C17H28O5Si2. The van der Waals surface area contributed by atoms with Crippen molar-refractivity contribution >= 4 is 28.7 Å². The minimum atomic E-state index is -1.94. The van der Waals surface area contributed by atoms with Gasteiger partial charge in [0.15, 0.2) is 11.5 Å². The van der Waals surface area contributed by atoms with Crippen molar-refractivity contribution < 1.29 is 23.1 Å². The van der Waals surface area contributed by atoms with Gasteiger partial charge in [0, 0.05) is 0 Å². The van der Waals surface area contributed by atoms with E-state index in [4.69, 9.17) is 18.3 Å². The van der Waals surface area contributed by atoms with Crippen LogP contribution in [0.4, 0.5) is 0 Å². The average Bonchev–Trinajstić information content (AvgIpc) is 2.44. The van der Waals surface area contributed by atoms with Crippen molar-refractivity contribution in [3.8, 4) is 11.5 Å². The van der Waals surface area contributed by atoms with Gasteiger partial charge in [-0.1, -0.05) is 6.07 Å². The number of rotatable bonds is 7. The number of benzene rings is 1. The molecule has 1 aromatic rings. The monoisotopic (exact) mass is 368 g/mol. The summed E-state index contributed by atoms with van der Waals surface area (Å²) in [5.41, 5.74) is 0.786. The van der Waals surface area contributed by atoms with E-state index in [2.05, 4.69) is 19.6 Å². The summed E-state index contributed by atoms with van der Waals surface area (Å²) in [5, 5.41) is 0. The summed E-state index contributed by atoms with van der Waals surface area (Å²) < 4.78 is 22.1. The van der Waals surface area contributed by atoms with Crippen molar-refractivity contribution in [2.75, 3.05) is 14.2 Å². The molecule has 0 aliphatic rings. The molecule has 0 radical (unpaired) electrons. The van der Waals surface area contributed by atoms with Crippen LogP contribution < -0.4 is 9.16 Å². The summed E-state index contributed by atoms with van der Waals surface area (Å²) in [6, 6.07) is 5.55. The molecule has 0 aliphatic heterocycles. The van der Waals surface area contributed by atoms with Gasteiger partial charge >= 0.3 is 5.97 Å². The Kier molecular flexibility index (Phi) is 6.68. The summed E-state index contributed by atoms with van der Waals surface area (Å²) in [5.74, 6) is 1.05. The van der Waals surface area contributed by atoms with Crippen molar-refractivity contribution in [3.05, 3.63) is 29.5 Å². The Morgan fingerprint density at radius 3 is 2.04 bits per heavy atom. The van der Waals surface area contributed by atoms with Gasteiger partial charge in [0.05, 0.1) is 14.2 Å². The molecule has 0 heterocycles. The zero-order valence-electron chi connectivity index (χ0n) is 15.9. The highest BCUT2D eigenvalue weighted by Crippen LogP contribution is 2.31. The van der Waals surface area contributed by atoms with Gasteiger partial charge < -0.3 is 18.3 Å². The lowest BCUT2D eigenvalue weighted by Crippen LogP contribution is -2.29. The molecule has 134 valence electrons. The second-order valence-corrected chi connectivity index (χ2v) is 16.2. The third-order valence-corrected chi connectivity index (χ3v) is 4.37. The lowest BCUT2D eigenvalue weighted by molar-refractivity contribution is -0.138. The maximum absolute atomic E-state index is 12.0. The third-order valence-electron chi connectivity index (χ3n) is 2.70. The van der Waals surface area contributed by atoms with E-state index in [1.165, 1.54) is 7.11 Å². The van der Waals surface area contributed by atoms with Crippen LogP contribution in [0, 0.1) is 0 Å². The van der Waals surface area contributed by atoms with Gasteiger partial charge in [0.1, 0.15) is 5.75 Å². The van der Waals surface area contributed by atoms with Crippen molar-refractivity contribution in [2.24, 2.45) is 0 Å². The van der Waals surface area contributed by atoms with Crippen molar-refractivity contribution in [1.82, 2.24) is 0 Å². The van der Waals surface area contributed by atoms with Crippen LogP contribution in [0.3, 0.4) is 0 Å². The molecule has 7 heteroatoms. The molecule has 0 unspecified atom stereocenters. The molecule has 5 nitrogen and oxygen atoms in total. The Morgan fingerprint density at radius 2 is 1.58 bits per heavy atom. The largest absolute Gasteiger partial charge is 0.542 e. The van der Waals surface area contributed by atoms with Gasteiger partial charge in [-0.2, -0.15) is 0 Å². The van der Waals surface area contributed by atoms with E-state index < -0.39 is 22.6 Å². The van der Waals surface area contributed by atoms with Crippen LogP contribution in [0.25, 0.3) is 6.08 Å². The summed E-state index contributed by atoms with van der Waals surface area (Å²) in [7, 11) is -0.737. The number of carbonyl (C=O) groups excluding carboxylic acids is 1. The van der Waals surface area contributed by atoms with Crippen LogP contribution in [-0.2, 0) is 14.0 Å². The molecule has 0 N–H and O–H groups in total. The maximum atomic E-state index is 12.0. The first kappa shape index (κ1) is 20.3. The highest BCUT2D eigenvalue weighted by atomic mass is 28.4. The Balaban J connectivity index is 3.21. The first-order chi connectivity index (χ1) is 10.9. The van der Waals surface area contributed by atoms with Crippen molar-refractivity contribution in [1.29, 1.82) is 0 Å². The molecule has 0 atom stereocenters. The van der Waals surface area contributed by atoms with Gasteiger partial charge in [-0.25, -0.2) is 4.79 Å². The fraction of sp³-hybridized carbons (Fsp3) is 0.471. The third kappa shape index (κ3) is 6.80. The minimum absolute atomic E-state index is 0.206. The number of methoxy groups -OCH3 is 2. The molecule has 0 saturated heterocycles. The average molecular weight is 369 g/mol. The molecule has 0 aromatic heterocycles. The predicted octanol–water partition coefficient (Wildman–Crippen LogP) is 4.27. The zero-order valence-corrected chi connectivity index (χ0v) is 17.9. The fourth-order valence-corrected chi connectivity index (χ4v) is 3.53. The Bertz CT molecular complexity index is 612. The Labute approximate surface area is 146 Å². The lowest BCUT2D eigenvalue weighted by atomic mass is 10.2. The number of hydrogen-bond donors (Lipinski definition) is 0. The molecule has 24 heavy (non-hydrogen) atoms. The smallest absolute Gasteiger partial charge is 0.371 e. The quantitative estimate of drug-likeness (QED) is 0.311. The molecule has 0 saturated carbocycles. The Morgan fingerprint density at radius 1 is 0.958 bits per heavy atom. The zero-order chi connectivity index (χ0) is 18.5. The van der Waals surface area contributed by atoms with E-state index in [9.17, 15) is 4.79 Å². The number of carbonyl (C=O) groups is 1. The van der Waals surface area contributed by atoms with Gasteiger partial charge in [0.2, 0.25) is 16.6 Å². The summed E-state index contributed by atoms with van der Waals surface area (Å²) in [6.45, 7) is 12.4. The second kappa shape index (κ2) is 7.89. The summed E-state index contributed by atoms with van der Waals surface area (Å²) >= 11 is 0. The van der Waals surface area contributed by atoms with Crippen LogP contribution in [0.5, 0.6) is 11.5 Å². The van der Waals surface area contributed by atoms with Crippen molar-refractivity contribution in [3.63, 3.8) is 0 Å². The molecule has 0 fully saturated rings. The topological polar surface area (TPSA) is 54.0 Å². The van der Waals surface area contributed by atoms with Crippen LogP contribution >= 0.6 is 0 Å². The maximum Gasteiger partial charge on any atom is 0.371 e. The predicted molar refractivity (Wildman–Crippen MR) is 101 cm³/mol. The van der Waals surface area contributed by atoms with E-state index in [1.807, 2.05) is 37.8 Å². The molecular weight excluding hydrogens is 340 g/mol. The van der Waals surface area contributed by atoms with Gasteiger partial charge in [0.25, 0.3) is 0 Å². The second-order valence-electron chi connectivity index (χ2n) is 7.34. The molecule has 1 rings (SSSR count). The van der Waals surface area contributed by atoms with Crippen LogP contribution in [0.2, 0.25) is 39.3 Å². The highest BCUT2D eigenvalue weighted by Gasteiger charge is 2.23. The first-order valence-electron chi connectivity index (χ1n) is 7.81. The van der Waals surface area contributed by atoms with E-state index >= 15 is 0 Å². The van der Waals surface area contributed by atoms with Crippen molar-refractivity contribution in [2.45, 2.75) is 39.3 Å².